The van der Waals surface area contributed by atoms with Gasteiger partial charge in [0.25, 0.3) is 0 Å². The molecule has 64 heavy (non-hydrogen) atoms. The van der Waals surface area contributed by atoms with Crippen LogP contribution >= 0.6 is 0 Å². The first-order chi connectivity index (χ1) is 31.7. The molecule has 3 aromatic heterocycles. The second-order valence-corrected chi connectivity index (χ2v) is 16.5. The summed E-state index contributed by atoms with van der Waals surface area (Å²) in [6.07, 6.45) is 6.82. The van der Waals surface area contributed by atoms with Gasteiger partial charge in [0.1, 0.15) is 11.2 Å². The normalized spacial score (nSPS) is 15.5. The van der Waals surface area contributed by atoms with E-state index in [0.717, 1.165) is 82.7 Å². The fourth-order valence-electron chi connectivity index (χ4n) is 9.81. The number of para-hydroxylation sites is 3. The maximum absolute atomic E-state index is 6.75. The minimum atomic E-state index is 0.141. The van der Waals surface area contributed by atoms with Crippen LogP contribution in [0, 0.1) is 0 Å². The highest BCUT2D eigenvalue weighted by molar-refractivity contribution is 6.25. The van der Waals surface area contributed by atoms with Crippen LogP contribution < -0.4 is 4.90 Å². The zero-order valence-electron chi connectivity index (χ0n) is 34.5. The number of furan rings is 1. The number of benzene rings is 8. The van der Waals surface area contributed by atoms with Crippen molar-refractivity contribution < 1.29 is 4.42 Å². The van der Waals surface area contributed by atoms with Gasteiger partial charge in [0, 0.05) is 66.5 Å². The Hall–Kier alpha value is -8.48. The first kappa shape index (κ1) is 36.2. The van der Waals surface area contributed by atoms with Gasteiger partial charge >= 0.3 is 0 Å². The summed E-state index contributed by atoms with van der Waals surface area (Å²) < 4.78 is 6.75. The Morgan fingerprint density at radius 3 is 1.88 bits per heavy atom. The molecule has 2 aliphatic rings. The van der Waals surface area contributed by atoms with Crippen molar-refractivity contribution in [2.24, 2.45) is 0 Å². The monoisotopic (exact) mass is 819 g/mol. The van der Waals surface area contributed by atoms with Crippen LogP contribution in [0.2, 0.25) is 0 Å². The van der Waals surface area contributed by atoms with E-state index in [2.05, 4.69) is 187 Å². The summed E-state index contributed by atoms with van der Waals surface area (Å²) in [5.41, 5.74) is 13.4. The van der Waals surface area contributed by atoms with Crippen molar-refractivity contribution in [2.75, 3.05) is 4.90 Å². The van der Waals surface area contributed by atoms with Gasteiger partial charge in [-0.15, -0.1) is 0 Å². The minimum Gasteiger partial charge on any atom is -0.455 e. The van der Waals surface area contributed by atoms with Gasteiger partial charge in [0.15, 0.2) is 17.5 Å². The number of nitrogens with zero attached hydrogens (tertiary/aromatic N) is 5. The molecule has 0 bridgehead atoms. The third-order valence-electron chi connectivity index (χ3n) is 12.8. The summed E-state index contributed by atoms with van der Waals surface area (Å²) in [4.78, 5) is 22.9. The third kappa shape index (κ3) is 5.87. The van der Waals surface area contributed by atoms with Crippen molar-refractivity contribution in [1.29, 1.82) is 0 Å². The van der Waals surface area contributed by atoms with E-state index in [0.29, 0.717) is 17.5 Å². The lowest BCUT2D eigenvalue weighted by molar-refractivity contribution is 0.673. The van der Waals surface area contributed by atoms with Crippen molar-refractivity contribution in [3.05, 3.63) is 224 Å². The molecule has 1 aliphatic carbocycles. The van der Waals surface area contributed by atoms with Crippen LogP contribution in [0.25, 0.3) is 94.3 Å². The van der Waals surface area contributed by atoms with Crippen LogP contribution in [0.15, 0.2) is 217 Å². The molecule has 8 aromatic carbocycles. The Labute approximate surface area is 369 Å². The van der Waals surface area contributed by atoms with Crippen molar-refractivity contribution in [3.8, 4) is 45.2 Å². The summed E-state index contributed by atoms with van der Waals surface area (Å²) in [6, 6.07) is 67.8. The van der Waals surface area contributed by atoms with E-state index in [4.69, 9.17) is 24.4 Å². The van der Waals surface area contributed by atoms with Gasteiger partial charge < -0.3 is 9.32 Å². The molecule has 6 nitrogen and oxygen atoms in total. The SMILES string of the molecule is C1=CC2C(C=C1c1nc(-c3ccccc3)nc(-c3ccc(-c4ccc5oc6c(ccc7c(-c8ccccc8)nc8ccccc8c76)c5c4)cc3)n1)c1ccccc1N2c1ccccc1. The first-order valence-corrected chi connectivity index (χ1v) is 21.7. The molecule has 0 spiro atoms. The molecule has 300 valence electrons. The smallest absolute Gasteiger partial charge is 0.164 e. The maximum atomic E-state index is 6.75. The third-order valence-corrected chi connectivity index (χ3v) is 12.8. The predicted molar refractivity (Wildman–Crippen MR) is 260 cm³/mol. The number of hydrogen-bond donors (Lipinski definition) is 0. The van der Waals surface area contributed by atoms with E-state index in [1.807, 2.05) is 30.3 Å². The lowest BCUT2D eigenvalue weighted by Gasteiger charge is -2.29. The molecule has 13 rings (SSSR count). The number of hydrogen-bond acceptors (Lipinski definition) is 6. The molecule has 1 aliphatic heterocycles. The van der Waals surface area contributed by atoms with Crippen molar-refractivity contribution in [3.63, 3.8) is 0 Å². The fraction of sp³-hybridized carbons (Fsp3) is 0.0345. The Bertz CT molecular complexity index is 3670. The largest absolute Gasteiger partial charge is 0.455 e. The molecule has 0 fully saturated rings. The molecule has 0 radical (unpaired) electrons. The molecule has 6 heteroatoms. The number of pyridine rings is 1. The van der Waals surface area contributed by atoms with Crippen LogP contribution in [0.3, 0.4) is 0 Å². The molecule has 2 unspecified atom stereocenters. The number of fused-ring (bicyclic) bond motifs is 10. The number of rotatable bonds is 6. The van der Waals surface area contributed by atoms with E-state index in [1.54, 1.807) is 0 Å². The predicted octanol–water partition coefficient (Wildman–Crippen LogP) is 14.4. The summed E-state index contributed by atoms with van der Waals surface area (Å²) in [5.74, 6) is 2.07. The average Bonchev–Trinajstić information content (AvgIpc) is 3.92. The molecule has 4 heterocycles. The Morgan fingerprint density at radius 1 is 0.453 bits per heavy atom. The first-order valence-electron chi connectivity index (χ1n) is 21.7. The van der Waals surface area contributed by atoms with Gasteiger partial charge in [-0.1, -0.05) is 170 Å². The van der Waals surface area contributed by atoms with E-state index in [9.17, 15) is 0 Å². The molecular weight excluding hydrogens is 783 g/mol. The topological polar surface area (TPSA) is 67.9 Å². The second-order valence-electron chi connectivity index (χ2n) is 16.5. The van der Waals surface area contributed by atoms with Gasteiger partial charge in [0.05, 0.1) is 17.3 Å². The number of anilines is 2. The second kappa shape index (κ2) is 14.6. The summed E-state index contributed by atoms with van der Waals surface area (Å²) >= 11 is 0. The molecule has 2 atom stereocenters. The van der Waals surface area contributed by atoms with Crippen LogP contribution in [-0.4, -0.2) is 26.0 Å². The zero-order valence-corrected chi connectivity index (χ0v) is 34.5. The van der Waals surface area contributed by atoms with E-state index in [1.165, 1.54) is 16.9 Å². The summed E-state index contributed by atoms with van der Waals surface area (Å²) in [7, 11) is 0. The molecule has 11 aromatic rings. The van der Waals surface area contributed by atoms with Gasteiger partial charge in [0.2, 0.25) is 0 Å². The van der Waals surface area contributed by atoms with E-state index >= 15 is 0 Å². The summed E-state index contributed by atoms with van der Waals surface area (Å²) in [6.45, 7) is 0. The summed E-state index contributed by atoms with van der Waals surface area (Å²) in [5, 5.41) is 5.38. The van der Waals surface area contributed by atoms with E-state index < -0.39 is 0 Å². The Morgan fingerprint density at radius 2 is 1.08 bits per heavy atom. The van der Waals surface area contributed by atoms with Crippen LogP contribution in [0.1, 0.15) is 17.3 Å². The van der Waals surface area contributed by atoms with Crippen LogP contribution in [0.4, 0.5) is 11.4 Å². The number of aromatic nitrogens is 4. The zero-order chi connectivity index (χ0) is 42.1. The number of allylic oxidation sites excluding steroid dienone is 2. The lowest BCUT2D eigenvalue weighted by atomic mass is 9.88. The van der Waals surface area contributed by atoms with E-state index in [-0.39, 0.29) is 12.0 Å². The highest BCUT2D eigenvalue weighted by Crippen LogP contribution is 2.49. The molecule has 0 amide bonds. The van der Waals surface area contributed by atoms with Crippen molar-refractivity contribution in [2.45, 2.75) is 12.0 Å². The van der Waals surface area contributed by atoms with Gasteiger partial charge in [-0.05, 0) is 59.2 Å². The van der Waals surface area contributed by atoms with Gasteiger partial charge in [-0.2, -0.15) is 0 Å². The minimum absolute atomic E-state index is 0.141. The van der Waals surface area contributed by atoms with Crippen LogP contribution in [0.5, 0.6) is 0 Å². The molecule has 0 saturated carbocycles. The van der Waals surface area contributed by atoms with Gasteiger partial charge in [-0.3, -0.25) is 0 Å². The van der Waals surface area contributed by atoms with Crippen LogP contribution in [-0.2, 0) is 0 Å². The van der Waals surface area contributed by atoms with Crippen molar-refractivity contribution >= 4 is 60.6 Å². The van der Waals surface area contributed by atoms with Gasteiger partial charge in [-0.25, -0.2) is 19.9 Å². The Kier molecular flexibility index (Phi) is 8.24. The average molecular weight is 820 g/mol. The maximum Gasteiger partial charge on any atom is 0.164 e. The molecule has 0 N–H and O–H groups in total. The highest BCUT2D eigenvalue weighted by atomic mass is 16.3. The molecular formula is C58H37N5O. The van der Waals surface area contributed by atoms with Crippen molar-refractivity contribution in [1.82, 2.24) is 19.9 Å². The standard InChI is InChI=1S/C58H37N5O/c1-4-14-37(15-5-1)54-46-31-30-44-48-34-40(29-33-52(48)64-55(44)53(46)45-21-10-12-22-49(45)59-54)36-24-26-39(27-25-36)57-60-56(38-16-6-2-7-17-38)61-58(62-57)41-28-32-51-47(35-41)43-20-11-13-23-50(43)63(51)42-18-8-3-9-19-42/h1-35,47,51H. The Balaban J connectivity index is 0.879. The highest BCUT2D eigenvalue weighted by Gasteiger charge is 2.38. The fourth-order valence-corrected chi connectivity index (χ4v) is 9.81. The lowest BCUT2D eigenvalue weighted by Crippen LogP contribution is -2.29. The molecule has 0 saturated heterocycles. The quantitative estimate of drug-likeness (QED) is 0.156.